The first-order chi connectivity index (χ1) is 16.5. The lowest BCUT2D eigenvalue weighted by Gasteiger charge is -2.31. The number of nitrogens with zero attached hydrogens (tertiary/aromatic N) is 1. The molecule has 178 valence electrons. The number of nitrogens with one attached hydrogen (secondary N) is 1. The first-order valence-corrected chi connectivity index (χ1v) is 11.9. The van der Waals surface area contributed by atoms with Crippen LogP contribution in [-0.2, 0) is 29.1 Å². The van der Waals surface area contributed by atoms with Gasteiger partial charge in [-0.25, -0.2) is 0 Å². The molecule has 1 atom stereocenters. The third-order valence-electron chi connectivity index (χ3n) is 5.65. The Morgan fingerprint density at radius 3 is 2.29 bits per heavy atom. The molecule has 34 heavy (non-hydrogen) atoms. The van der Waals surface area contributed by atoms with E-state index in [9.17, 15) is 9.59 Å². The summed E-state index contributed by atoms with van der Waals surface area (Å²) in [6.45, 7) is 2.60. The summed E-state index contributed by atoms with van der Waals surface area (Å²) in [6.07, 6.45) is 1.50. The summed E-state index contributed by atoms with van der Waals surface area (Å²) in [4.78, 5) is 28.5. The van der Waals surface area contributed by atoms with Gasteiger partial charge in [0, 0.05) is 36.5 Å². The molecule has 0 bridgehead atoms. The van der Waals surface area contributed by atoms with Crippen LogP contribution in [0.25, 0.3) is 0 Å². The number of hydrogen-bond donors (Lipinski definition) is 1. The second-order valence-electron chi connectivity index (χ2n) is 8.13. The van der Waals surface area contributed by atoms with E-state index in [1.165, 1.54) is 0 Å². The van der Waals surface area contributed by atoms with E-state index in [-0.39, 0.29) is 11.8 Å². The van der Waals surface area contributed by atoms with E-state index in [0.29, 0.717) is 43.1 Å². The minimum atomic E-state index is -0.660. The van der Waals surface area contributed by atoms with Gasteiger partial charge in [0.25, 0.3) is 0 Å². The van der Waals surface area contributed by atoms with Crippen LogP contribution < -0.4 is 10.1 Å². The molecule has 2 amide bonds. The minimum absolute atomic E-state index is 0.0502. The van der Waals surface area contributed by atoms with Crippen molar-refractivity contribution in [2.75, 3.05) is 7.11 Å². The van der Waals surface area contributed by atoms with Crippen molar-refractivity contribution < 1.29 is 14.3 Å². The van der Waals surface area contributed by atoms with E-state index >= 15 is 0 Å². The Balaban J connectivity index is 1.88. The zero-order valence-electron chi connectivity index (χ0n) is 19.7. The molecule has 0 aromatic heterocycles. The summed E-state index contributed by atoms with van der Waals surface area (Å²) in [6, 6.07) is 24.1. The predicted octanol–water partition coefficient (Wildman–Crippen LogP) is 5.41. The first kappa shape index (κ1) is 25.3. The van der Waals surface area contributed by atoms with Crippen LogP contribution in [0, 0.1) is 0 Å². The van der Waals surface area contributed by atoms with E-state index in [0.717, 1.165) is 16.7 Å². The summed E-state index contributed by atoms with van der Waals surface area (Å²) < 4.78 is 5.41. The topological polar surface area (TPSA) is 58.6 Å². The fraction of sp³-hybridized carbons (Fsp3) is 0.286. The average molecular weight is 479 g/mol. The average Bonchev–Trinajstić information content (AvgIpc) is 2.86. The van der Waals surface area contributed by atoms with E-state index in [2.05, 4.69) is 5.32 Å². The lowest BCUT2D eigenvalue weighted by Crippen LogP contribution is -2.50. The van der Waals surface area contributed by atoms with E-state index in [1.54, 1.807) is 24.1 Å². The third kappa shape index (κ3) is 7.09. The van der Waals surface area contributed by atoms with Crippen LogP contribution >= 0.6 is 11.6 Å². The number of carbonyl (C=O) groups excluding carboxylic acids is 2. The van der Waals surface area contributed by atoms with Crippen LogP contribution in [0.2, 0.25) is 5.02 Å². The van der Waals surface area contributed by atoms with Gasteiger partial charge in [0.15, 0.2) is 0 Å². The number of benzene rings is 3. The molecule has 0 unspecified atom stereocenters. The van der Waals surface area contributed by atoms with Gasteiger partial charge in [0.05, 0.1) is 7.11 Å². The van der Waals surface area contributed by atoms with Gasteiger partial charge in [-0.05, 0) is 35.7 Å². The molecular formula is C28H31ClN2O3. The van der Waals surface area contributed by atoms with Gasteiger partial charge in [-0.15, -0.1) is 0 Å². The SMILES string of the molecule is CCCC(=O)N(Cc1ccc(Cl)cc1)[C@H](Cc1ccccc1)C(=O)NCc1ccccc1OC. The molecule has 0 heterocycles. The van der Waals surface area contributed by atoms with E-state index in [1.807, 2.05) is 73.7 Å². The molecule has 0 aliphatic heterocycles. The smallest absolute Gasteiger partial charge is 0.243 e. The summed E-state index contributed by atoms with van der Waals surface area (Å²) in [5.74, 6) is 0.460. The summed E-state index contributed by atoms with van der Waals surface area (Å²) >= 11 is 6.05. The molecule has 6 heteroatoms. The van der Waals surface area contributed by atoms with Crippen LogP contribution in [-0.4, -0.2) is 29.9 Å². The highest BCUT2D eigenvalue weighted by atomic mass is 35.5. The molecule has 3 aromatic rings. The van der Waals surface area contributed by atoms with Crippen molar-refractivity contribution in [3.8, 4) is 5.75 Å². The standard InChI is InChI=1S/C28H31ClN2O3/c1-3-9-27(32)31(20-22-14-16-24(29)17-15-22)25(18-21-10-5-4-6-11-21)28(33)30-19-23-12-7-8-13-26(23)34-2/h4-8,10-17,25H,3,9,18-20H2,1-2H3,(H,30,33)/t25-/m1/s1. The molecule has 0 saturated carbocycles. The van der Waals surface area contributed by atoms with Crippen LogP contribution in [0.15, 0.2) is 78.9 Å². The van der Waals surface area contributed by atoms with Crippen LogP contribution in [0.5, 0.6) is 5.75 Å². The number of rotatable bonds is 11. The van der Waals surface area contributed by atoms with Crippen LogP contribution in [0.1, 0.15) is 36.5 Å². The van der Waals surface area contributed by atoms with Gasteiger partial charge in [0.2, 0.25) is 11.8 Å². The fourth-order valence-corrected chi connectivity index (χ4v) is 3.97. The Bertz CT molecular complexity index is 1070. The number of methoxy groups -OCH3 is 1. The van der Waals surface area contributed by atoms with E-state index in [4.69, 9.17) is 16.3 Å². The Kier molecular flexibility index (Phi) is 9.53. The summed E-state index contributed by atoms with van der Waals surface area (Å²) in [5, 5.41) is 3.66. The monoisotopic (exact) mass is 478 g/mol. The Morgan fingerprint density at radius 1 is 0.941 bits per heavy atom. The number of halogens is 1. The molecule has 3 rings (SSSR count). The van der Waals surface area contributed by atoms with Crippen molar-refractivity contribution in [3.63, 3.8) is 0 Å². The lowest BCUT2D eigenvalue weighted by molar-refractivity contribution is -0.141. The van der Waals surface area contributed by atoms with Gasteiger partial charge in [-0.3, -0.25) is 9.59 Å². The molecule has 0 fully saturated rings. The maximum Gasteiger partial charge on any atom is 0.243 e. The normalized spacial score (nSPS) is 11.5. The maximum atomic E-state index is 13.5. The predicted molar refractivity (Wildman–Crippen MR) is 136 cm³/mol. The van der Waals surface area contributed by atoms with Gasteiger partial charge < -0.3 is 15.0 Å². The van der Waals surface area contributed by atoms with Gasteiger partial charge in [0.1, 0.15) is 11.8 Å². The van der Waals surface area contributed by atoms with Crippen molar-refractivity contribution in [2.24, 2.45) is 0 Å². The highest BCUT2D eigenvalue weighted by Gasteiger charge is 2.30. The van der Waals surface area contributed by atoms with Crippen molar-refractivity contribution in [3.05, 3.63) is 101 Å². The number of carbonyl (C=O) groups is 2. The number of para-hydroxylation sites is 1. The van der Waals surface area contributed by atoms with Gasteiger partial charge in [-0.2, -0.15) is 0 Å². The first-order valence-electron chi connectivity index (χ1n) is 11.5. The Morgan fingerprint density at radius 2 is 1.62 bits per heavy atom. The summed E-state index contributed by atoms with van der Waals surface area (Å²) in [5.41, 5.74) is 2.79. The molecular weight excluding hydrogens is 448 g/mol. The zero-order valence-corrected chi connectivity index (χ0v) is 20.4. The number of amides is 2. The third-order valence-corrected chi connectivity index (χ3v) is 5.90. The number of hydrogen-bond acceptors (Lipinski definition) is 3. The molecule has 0 radical (unpaired) electrons. The number of ether oxygens (including phenoxy) is 1. The lowest BCUT2D eigenvalue weighted by atomic mass is 10.0. The molecule has 3 aromatic carbocycles. The van der Waals surface area contributed by atoms with Crippen LogP contribution in [0.4, 0.5) is 0 Å². The maximum absolute atomic E-state index is 13.5. The van der Waals surface area contributed by atoms with Crippen molar-refractivity contribution in [1.82, 2.24) is 10.2 Å². The molecule has 1 N–H and O–H groups in total. The van der Waals surface area contributed by atoms with Crippen molar-refractivity contribution >= 4 is 23.4 Å². The largest absolute Gasteiger partial charge is 0.496 e. The summed E-state index contributed by atoms with van der Waals surface area (Å²) in [7, 11) is 1.61. The second-order valence-corrected chi connectivity index (χ2v) is 8.57. The second kappa shape index (κ2) is 12.8. The molecule has 0 aliphatic rings. The van der Waals surface area contributed by atoms with Crippen molar-refractivity contribution in [2.45, 2.75) is 45.3 Å². The van der Waals surface area contributed by atoms with Crippen LogP contribution in [0.3, 0.4) is 0 Å². The molecule has 0 saturated heterocycles. The molecule has 0 spiro atoms. The molecule has 0 aliphatic carbocycles. The zero-order chi connectivity index (χ0) is 24.3. The minimum Gasteiger partial charge on any atom is -0.496 e. The highest BCUT2D eigenvalue weighted by Crippen LogP contribution is 2.20. The quantitative estimate of drug-likeness (QED) is 0.401. The van der Waals surface area contributed by atoms with Crippen molar-refractivity contribution in [1.29, 1.82) is 0 Å². The fourth-order valence-electron chi connectivity index (χ4n) is 3.85. The van der Waals surface area contributed by atoms with E-state index < -0.39 is 6.04 Å². The molecule has 5 nitrogen and oxygen atoms in total. The van der Waals surface area contributed by atoms with Gasteiger partial charge >= 0.3 is 0 Å². The Hall–Kier alpha value is -3.31. The van der Waals surface area contributed by atoms with Gasteiger partial charge in [-0.1, -0.05) is 79.2 Å². The highest BCUT2D eigenvalue weighted by molar-refractivity contribution is 6.30. The Labute approximate surface area is 206 Å².